The average molecular weight is 1010 g/mol. The molecule has 4 amide bonds. The minimum Gasteiger partial charge on any atom is -0.491 e. The van der Waals surface area contributed by atoms with Crippen molar-refractivity contribution in [2.24, 2.45) is 29.4 Å². The number of alkyl carbamates (subject to hydrolysis) is 1. The van der Waals surface area contributed by atoms with Crippen LogP contribution in [0.5, 0.6) is 17.4 Å². The predicted molar refractivity (Wildman–Crippen MR) is 259 cm³/mol. The Balaban J connectivity index is 1.19. The van der Waals surface area contributed by atoms with Gasteiger partial charge in [0.15, 0.2) is 0 Å². The number of nitrogens with one attached hydrogen (secondary N) is 2. The summed E-state index contributed by atoms with van der Waals surface area (Å²) in [5, 5.41) is 2.40. The van der Waals surface area contributed by atoms with Crippen LogP contribution in [0.1, 0.15) is 106 Å². The van der Waals surface area contributed by atoms with Crippen molar-refractivity contribution in [3.63, 3.8) is 0 Å². The number of hydrogen-bond donors (Lipinski definition) is 3. The van der Waals surface area contributed by atoms with E-state index in [0.717, 1.165) is 18.4 Å². The third-order valence-corrected chi connectivity index (χ3v) is 15.7. The molecule has 1 aliphatic heterocycles. The summed E-state index contributed by atoms with van der Waals surface area (Å²) < 4.78 is 91.0. The van der Waals surface area contributed by atoms with Crippen LogP contribution in [0.15, 0.2) is 66.7 Å². The number of amides is 4. The molecule has 1 saturated heterocycles. The maximum atomic E-state index is 14.7. The van der Waals surface area contributed by atoms with Crippen molar-refractivity contribution in [2.45, 2.75) is 147 Å². The molecule has 2 aromatic heterocycles. The number of benzene rings is 1. The minimum atomic E-state index is -4.93. The fourth-order valence-electron chi connectivity index (χ4n) is 9.02. The summed E-state index contributed by atoms with van der Waals surface area (Å²) in [6.07, 6.45) is 1.21. The van der Waals surface area contributed by atoms with Crippen LogP contribution in [0.2, 0.25) is 0 Å². The number of halogens is 3. The van der Waals surface area contributed by atoms with Crippen LogP contribution in [0.25, 0.3) is 22.6 Å². The number of allylic oxidation sites excluding steroid dienone is 2. The molecule has 1 aromatic carbocycles. The Morgan fingerprint density at radius 2 is 1.65 bits per heavy atom. The number of carbonyl (C=O) groups excluding carboxylic acids is 4. The van der Waals surface area contributed by atoms with Gasteiger partial charge in [-0.25, -0.2) is 23.2 Å². The van der Waals surface area contributed by atoms with Gasteiger partial charge in [0.1, 0.15) is 29.7 Å². The molecule has 2 saturated carbocycles. The molecule has 0 spiro atoms. The second-order valence-corrected chi connectivity index (χ2v) is 22.4. The quantitative estimate of drug-likeness (QED) is 0.0859. The van der Waals surface area contributed by atoms with Crippen molar-refractivity contribution >= 4 is 33.8 Å². The first-order valence-electron chi connectivity index (χ1n) is 24.2. The highest BCUT2D eigenvalue weighted by molar-refractivity contribution is 7.91. The summed E-state index contributed by atoms with van der Waals surface area (Å²) in [6.45, 7) is 10.3. The van der Waals surface area contributed by atoms with Crippen LogP contribution in [0.4, 0.5) is 18.0 Å². The molecule has 2 aliphatic carbocycles. The lowest BCUT2D eigenvalue weighted by atomic mass is 9.87. The maximum Gasteiger partial charge on any atom is 0.427 e. The molecule has 388 valence electrons. The van der Waals surface area contributed by atoms with Crippen molar-refractivity contribution < 1.29 is 59.7 Å². The molecule has 1 unspecified atom stereocenters. The average Bonchev–Trinajstić information content (AvgIpc) is 3.67. The number of rotatable bonds is 21. The van der Waals surface area contributed by atoms with Gasteiger partial charge in [-0.2, -0.15) is 13.2 Å². The largest absolute Gasteiger partial charge is 0.491 e. The molecule has 0 radical (unpaired) electrons. The lowest BCUT2D eigenvalue weighted by molar-refractivity contribution is -0.244. The standard InChI is InChI=1S/C51H67F3N6O10S/c1-30(2)68-35-21-19-34(20-22-35)40-26-36(27-41(56-40)39-17-12-18-43(57-39)67-8)69-37-28-42(45(55)61)60(29-37)47(63)44(58-48(64)70-49(5,6)51(52,53)54)32(4)25-31(3)13-9-10-14-33-15-11-16-38(33)46(62)59-71(65,66)50(7)23-24-50/h10,12,14,17-22,26-27,30-33,37-38,42,44H,9,11,13,15-16,23-25,28-29H2,1-8H3,(H2,55,61)(H,58,64)(H,59,62)/b14-10-/t31-,32-,33-,37-,38?,42+,44+/m1/s1. The van der Waals surface area contributed by atoms with Gasteiger partial charge in [0.25, 0.3) is 0 Å². The Morgan fingerprint density at radius 3 is 2.28 bits per heavy atom. The first kappa shape index (κ1) is 54.4. The van der Waals surface area contributed by atoms with Crippen molar-refractivity contribution in [1.82, 2.24) is 24.9 Å². The molecule has 20 heteroatoms. The first-order chi connectivity index (χ1) is 33.3. The lowest BCUT2D eigenvalue weighted by Crippen LogP contribution is -2.56. The Bertz CT molecular complexity index is 2540. The van der Waals surface area contributed by atoms with Crippen LogP contribution in [0, 0.1) is 23.7 Å². The van der Waals surface area contributed by atoms with E-state index < -0.39 is 80.4 Å². The molecule has 3 aromatic rings. The number of alkyl halides is 3. The molecule has 3 aliphatic rings. The van der Waals surface area contributed by atoms with Crippen molar-refractivity contribution in [3.05, 3.63) is 66.7 Å². The highest BCUT2D eigenvalue weighted by Gasteiger charge is 2.53. The van der Waals surface area contributed by atoms with Gasteiger partial charge in [0.05, 0.1) is 41.6 Å². The summed E-state index contributed by atoms with van der Waals surface area (Å²) in [5.74, 6) is -2.13. The molecule has 3 heterocycles. The van der Waals surface area contributed by atoms with E-state index >= 15 is 0 Å². The Hall–Kier alpha value is -5.92. The summed E-state index contributed by atoms with van der Waals surface area (Å²) in [6, 6.07) is 13.3. The summed E-state index contributed by atoms with van der Waals surface area (Å²) >= 11 is 0. The smallest absolute Gasteiger partial charge is 0.427 e. The van der Waals surface area contributed by atoms with Crippen molar-refractivity contribution in [2.75, 3.05) is 13.7 Å². The molecule has 3 fully saturated rings. The van der Waals surface area contributed by atoms with E-state index in [1.165, 1.54) is 12.0 Å². The highest BCUT2D eigenvalue weighted by Crippen LogP contribution is 2.43. The normalized spacial score (nSPS) is 21.3. The summed E-state index contributed by atoms with van der Waals surface area (Å²) in [5.41, 5.74) is 5.15. The zero-order chi connectivity index (χ0) is 52.1. The van der Waals surface area contributed by atoms with Crippen LogP contribution in [-0.2, 0) is 29.1 Å². The zero-order valence-corrected chi connectivity index (χ0v) is 42.4. The summed E-state index contributed by atoms with van der Waals surface area (Å²) in [4.78, 5) is 64.7. The molecule has 16 nitrogen and oxygen atoms in total. The molecule has 7 atom stereocenters. The molecule has 6 rings (SSSR count). The SMILES string of the molecule is COc1cccc(-c2cc(O[C@@H]3C[C@@H](C(N)=O)N(C(=O)[C@@H](NC(=O)OC(C)(C)C(F)(F)F)[C@H](C)C[C@H](C)CC/C=C\[C@@H]4CCCC4C(=O)NS(=O)(=O)C4(C)CC4)C3)cc(-c3ccc(OC(C)C)cc3)n2)n1. The van der Waals surface area contributed by atoms with Gasteiger partial charge in [0.2, 0.25) is 39.2 Å². The van der Waals surface area contributed by atoms with Gasteiger partial charge in [0, 0.05) is 36.1 Å². The fraction of sp³-hybridized carbons (Fsp3) is 0.569. The maximum absolute atomic E-state index is 14.7. The van der Waals surface area contributed by atoms with E-state index in [2.05, 4.69) is 15.0 Å². The Kier molecular flexibility index (Phi) is 17.0. The summed E-state index contributed by atoms with van der Waals surface area (Å²) in [7, 11) is -2.27. The number of hydrogen-bond acceptors (Lipinski definition) is 12. The molecule has 0 bridgehead atoms. The van der Waals surface area contributed by atoms with E-state index in [4.69, 9.17) is 29.7 Å². The number of pyridine rings is 2. The molecule has 71 heavy (non-hydrogen) atoms. The van der Waals surface area contributed by atoms with Gasteiger partial charge in [-0.15, -0.1) is 0 Å². The predicted octanol–water partition coefficient (Wildman–Crippen LogP) is 8.29. The van der Waals surface area contributed by atoms with E-state index in [9.17, 15) is 40.8 Å². The number of carbonyl (C=O) groups is 4. The first-order valence-corrected chi connectivity index (χ1v) is 25.6. The number of nitrogens with zero attached hydrogens (tertiary/aromatic N) is 3. The number of nitrogens with two attached hydrogens (primary N) is 1. The van der Waals surface area contributed by atoms with E-state index in [-0.39, 0.29) is 30.9 Å². The van der Waals surface area contributed by atoms with Gasteiger partial charge in [-0.3, -0.25) is 19.1 Å². The molecule has 4 N–H and O–H groups in total. The number of primary amides is 1. The second-order valence-electron chi connectivity index (χ2n) is 20.2. The Labute approximate surface area is 414 Å². The van der Waals surface area contributed by atoms with E-state index in [1.54, 1.807) is 44.2 Å². The number of aromatic nitrogens is 2. The van der Waals surface area contributed by atoms with E-state index in [1.807, 2.05) is 57.2 Å². The number of ether oxygens (including phenoxy) is 4. The van der Waals surface area contributed by atoms with Gasteiger partial charge in [-0.05, 0) is 128 Å². The second kappa shape index (κ2) is 22.2. The van der Waals surface area contributed by atoms with Crippen LogP contribution < -0.4 is 30.0 Å². The molecular weight excluding hydrogens is 946 g/mol. The van der Waals surface area contributed by atoms with Gasteiger partial charge >= 0.3 is 12.3 Å². The van der Waals surface area contributed by atoms with Gasteiger partial charge in [-0.1, -0.05) is 38.5 Å². The number of sulfonamides is 1. The van der Waals surface area contributed by atoms with Crippen molar-refractivity contribution in [3.8, 4) is 40.0 Å². The number of likely N-dealkylation sites (tertiary alicyclic amines) is 1. The lowest BCUT2D eigenvalue weighted by Gasteiger charge is -2.33. The highest BCUT2D eigenvalue weighted by atomic mass is 32.2. The topological polar surface area (TPSA) is 218 Å². The third-order valence-electron chi connectivity index (χ3n) is 13.6. The van der Waals surface area contributed by atoms with Crippen LogP contribution in [0.3, 0.4) is 0 Å². The molecular formula is C51H67F3N6O10S. The Morgan fingerprint density at radius 1 is 0.958 bits per heavy atom. The van der Waals surface area contributed by atoms with E-state index in [0.29, 0.717) is 86.8 Å². The van der Waals surface area contributed by atoms with Crippen LogP contribution >= 0.6 is 0 Å². The minimum absolute atomic E-state index is 0.0391. The van der Waals surface area contributed by atoms with Crippen LogP contribution in [-0.4, -0.2) is 102 Å². The zero-order valence-electron chi connectivity index (χ0n) is 41.6. The number of methoxy groups -OCH3 is 1. The fourth-order valence-corrected chi connectivity index (χ4v) is 10.3. The van der Waals surface area contributed by atoms with Crippen molar-refractivity contribution in [1.29, 1.82) is 0 Å². The van der Waals surface area contributed by atoms with Gasteiger partial charge < -0.3 is 34.9 Å². The monoisotopic (exact) mass is 1010 g/mol. The third kappa shape index (κ3) is 13.7.